The summed E-state index contributed by atoms with van der Waals surface area (Å²) in [7, 11) is 0. The van der Waals surface area contributed by atoms with Crippen LogP contribution in [0.25, 0.3) is 0 Å². The minimum atomic E-state index is 0.275. The topological polar surface area (TPSA) is 0 Å². The number of hydrogen-bond acceptors (Lipinski definition) is 0. The minimum absolute atomic E-state index is 0.275. The molecule has 0 bridgehead atoms. The molecule has 1 unspecified atom stereocenters. The van der Waals surface area contributed by atoms with E-state index in [1.54, 1.807) is 0 Å². The van der Waals surface area contributed by atoms with Crippen molar-refractivity contribution in [2.45, 2.75) is 71.1 Å². The molecule has 0 saturated heterocycles. The number of rotatable bonds is 4. The molecule has 0 amide bonds. The second kappa shape index (κ2) is 5.39. The van der Waals surface area contributed by atoms with Crippen molar-refractivity contribution in [1.29, 1.82) is 0 Å². The first-order chi connectivity index (χ1) is 6.50. The zero-order valence-corrected chi connectivity index (χ0v) is 10.7. The summed E-state index contributed by atoms with van der Waals surface area (Å²) in [6.45, 7) is 6.71. The van der Waals surface area contributed by atoms with Gasteiger partial charge >= 0.3 is 0 Å². The zero-order chi connectivity index (χ0) is 10.6. The van der Waals surface area contributed by atoms with Crippen molar-refractivity contribution in [3.8, 4) is 0 Å². The molecule has 14 heavy (non-hydrogen) atoms. The second-order valence-electron chi connectivity index (χ2n) is 5.91. The van der Waals surface area contributed by atoms with Crippen LogP contribution in [0.3, 0.4) is 0 Å². The first kappa shape index (κ1) is 12.4. The van der Waals surface area contributed by atoms with Crippen LogP contribution in [-0.2, 0) is 0 Å². The van der Waals surface area contributed by atoms with Crippen LogP contribution in [0, 0.1) is 11.3 Å². The highest BCUT2D eigenvalue weighted by atomic mass is 35.5. The van der Waals surface area contributed by atoms with Crippen LogP contribution in [0.2, 0.25) is 0 Å². The Kier molecular flexibility index (Phi) is 4.76. The summed E-state index contributed by atoms with van der Waals surface area (Å²) in [5.74, 6) is 1.03. The summed E-state index contributed by atoms with van der Waals surface area (Å²) in [4.78, 5) is 0. The predicted octanol–water partition coefficient (Wildman–Crippen LogP) is 5.00. The first-order valence-electron chi connectivity index (χ1n) is 6.14. The van der Waals surface area contributed by atoms with E-state index in [2.05, 4.69) is 20.8 Å². The summed E-state index contributed by atoms with van der Waals surface area (Å²) in [6.07, 6.45) is 9.82. The molecule has 0 aliphatic heterocycles. The van der Waals surface area contributed by atoms with Crippen molar-refractivity contribution in [2.75, 3.05) is 0 Å². The van der Waals surface area contributed by atoms with Gasteiger partial charge in [0.1, 0.15) is 0 Å². The summed E-state index contributed by atoms with van der Waals surface area (Å²) >= 11 is 6.34. The van der Waals surface area contributed by atoms with E-state index in [4.69, 9.17) is 11.6 Å². The van der Waals surface area contributed by atoms with E-state index >= 15 is 0 Å². The van der Waals surface area contributed by atoms with Gasteiger partial charge in [0.25, 0.3) is 0 Å². The van der Waals surface area contributed by atoms with E-state index in [0.29, 0.717) is 5.38 Å². The zero-order valence-electron chi connectivity index (χ0n) is 9.98. The molecule has 0 aromatic heterocycles. The smallest absolute Gasteiger partial charge is 0.0384 e. The highest BCUT2D eigenvalue weighted by Gasteiger charge is 2.22. The van der Waals surface area contributed by atoms with Crippen molar-refractivity contribution in [3.63, 3.8) is 0 Å². The largest absolute Gasteiger partial charge is 0.122 e. The van der Waals surface area contributed by atoms with E-state index < -0.39 is 0 Å². The average molecular weight is 217 g/mol. The summed E-state index contributed by atoms with van der Waals surface area (Å²) in [6, 6.07) is 0. The van der Waals surface area contributed by atoms with Crippen molar-refractivity contribution < 1.29 is 0 Å². The van der Waals surface area contributed by atoms with Crippen molar-refractivity contribution in [3.05, 3.63) is 0 Å². The van der Waals surface area contributed by atoms with Gasteiger partial charge in [-0.05, 0) is 17.8 Å². The van der Waals surface area contributed by atoms with E-state index in [1.165, 1.54) is 44.9 Å². The standard InChI is InChI=1S/C13H25Cl/c1-13(2,3)12(14)10-6-9-11-7-4-5-8-11/h11-12H,4-10H2,1-3H3. The lowest BCUT2D eigenvalue weighted by molar-refractivity contribution is 0.355. The third-order valence-corrected chi connectivity index (χ3v) is 4.36. The van der Waals surface area contributed by atoms with Gasteiger partial charge in [0.2, 0.25) is 0 Å². The third kappa shape index (κ3) is 4.21. The van der Waals surface area contributed by atoms with Crippen molar-refractivity contribution in [1.82, 2.24) is 0 Å². The van der Waals surface area contributed by atoms with E-state index in [-0.39, 0.29) is 5.41 Å². The molecule has 84 valence electrons. The monoisotopic (exact) mass is 216 g/mol. The Morgan fingerprint density at radius 2 is 1.79 bits per heavy atom. The Morgan fingerprint density at radius 3 is 2.29 bits per heavy atom. The van der Waals surface area contributed by atoms with Gasteiger partial charge in [0, 0.05) is 5.38 Å². The molecule has 0 N–H and O–H groups in total. The van der Waals surface area contributed by atoms with E-state index in [0.717, 1.165) is 5.92 Å². The van der Waals surface area contributed by atoms with Crippen molar-refractivity contribution >= 4 is 11.6 Å². The lowest BCUT2D eigenvalue weighted by atomic mass is 9.87. The number of alkyl halides is 1. The van der Waals surface area contributed by atoms with E-state index in [9.17, 15) is 0 Å². The molecular formula is C13H25Cl. The molecule has 1 aliphatic rings. The lowest BCUT2D eigenvalue weighted by Gasteiger charge is -2.25. The van der Waals surface area contributed by atoms with Crippen LogP contribution in [0.4, 0.5) is 0 Å². The average Bonchev–Trinajstić information content (AvgIpc) is 2.55. The first-order valence-corrected chi connectivity index (χ1v) is 6.58. The molecule has 1 aliphatic carbocycles. The van der Waals surface area contributed by atoms with Crippen LogP contribution >= 0.6 is 11.6 Å². The fourth-order valence-corrected chi connectivity index (χ4v) is 2.47. The molecule has 1 rings (SSSR count). The lowest BCUT2D eigenvalue weighted by Crippen LogP contribution is -2.20. The van der Waals surface area contributed by atoms with Gasteiger partial charge in [-0.1, -0.05) is 59.3 Å². The molecule has 0 heterocycles. The molecule has 0 aromatic rings. The van der Waals surface area contributed by atoms with Crippen LogP contribution in [0.5, 0.6) is 0 Å². The fraction of sp³-hybridized carbons (Fsp3) is 1.00. The van der Waals surface area contributed by atoms with Crippen LogP contribution in [-0.4, -0.2) is 5.38 Å². The quantitative estimate of drug-likeness (QED) is 0.581. The Hall–Kier alpha value is 0.290. The van der Waals surface area contributed by atoms with Gasteiger partial charge in [-0.15, -0.1) is 11.6 Å². The van der Waals surface area contributed by atoms with E-state index in [1.807, 2.05) is 0 Å². The fourth-order valence-electron chi connectivity index (χ4n) is 2.32. The van der Waals surface area contributed by atoms with Gasteiger partial charge in [0.15, 0.2) is 0 Å². The Morgan fingerprint density at radius 1 is 1.21 bits per heavy atom. The Bertz CT molecular complexity index is 151. The molecule has 0 spiro atoms. The van der Waals surface area contributed by atoms with Gasteiger partial charge in [0.05, 0.1) is 0 Å². The molecule has 0 aromatic carbocycles. The molecule has 0 nitrogen and oxygen atoms in total. The number of halogens is 1. The summed E-state index contributed by atoms with van der Waals surface area (Å²) < 4.78 is 0. The second-order valence-corrected chi connectivity index (χ2v) is 6.44. The molecule has 1 heteroatoms. The minimum Gasteiger partial charge on any atom is -0.122 e. The molecule has 1 saturated carbocycles. The van der Waals surface area contributed by atoms with Crippen LogP contribution < -0.4 is 0 Å². The predicted molar refractivity (Wildman–Crippen MR) is 64.9 cm³/mol. The maximum absolute atomic E-state index is 6.34. The van der Waals surface area contributed by atoms with Gasteiger partial charge in [-0.25, -0.2) is 0 Å². The van der Waals surface area contributed by atoms with Gasteiger partial charge in [-0.2, -0.15) is 0 Å². The van der Waals surface area contributed by atoms with Gasteiger partial charge in [-0.3, -0.25) is 0 Å². The maximum atomic E-state index is 6.34. The van der Waals surface area contributed by atoms with Crippen LogP contribution in [0.15, 0.2) is 0 Å². The molecular weight excluding hydrogens is 192 g/mol. The van der Waals surface area contributed by atoms with Gasteiger partial charge < -0.3 is 0 Å². The SMILES string of the molecule is CC(C)(C)C(Cl)CCCC1CCCC1. The highest BCUT2D eigenvalue weighted by molar-refractivity contribution is 6.21. The Labute approximate surface area is 94.4 Å². The molecule has 0 radical (unpaired) electrons. The maximum Gasteiger partial charge on any atom is 0.0384 e. The summed E-state index contributed by atoms with van der Waals surface area (Å²) in [5.41, 5.74) is 0.275. The molecule has 1 fully saturated rings. The Balaban J connectivity index is 2.08. The summed E-state index contributed by atoms with van der Waals surface area (Å²) in [5, 5.41) is 0.351. The molecule has 1 atom stereocenters. The number of hydrogen-bond donors (Lipinski definition) is 0. The highest BCUT2D eigenvalue weighted by Crippen LogP contribution is 2.32. The van der Waals surface area contributed by atoms with Crippen LogP contribution in [0.1, 0.15) is 65.7 Å². The normalized spacial score (nSPS) is 21.4. The third-order valence-electron chi connectivity index (χ3n) is 3.48. The van der Waals surface area contributed by atoms with Crippen molar-refractivity contribution in [2.24, 2.45) is 11.3 Å².